The van der Waals surface area contributed by atoms with Gasteiger partial charge in [0.2, 0.25) is 0 Å². The molecule has 0 saturated heterocycles. The third-order valence-electron chi connectivity index (χ3n) is 3.79. The van der Waals surface area contributed by atoms with Crippen molar-refractivity contribution in [2.24, 2.45) is 0 Å². The molecule has 0 aliphatic rings. The maximum Gasteiger partial charge on any atom is 0.262 e. The molecule has 0 radical (unpaired) electrons. The van der Waals surface area contributed by atoms with Gasteiger partial charge in [-0.1, -0.05) is 26.0 Å². The minimum atomic E-state index is -0.174. The van der Waals surface area contributed by atoms with Gasteiger partial charge in [0.05, 0.1) is 0 Å². The first-order valence-corrected chi connectivity index (χ1v) is 7.94. The van der Waals surface area contributed by atoms with Crippen LogP contribution in [-0.2, 0) is 17.6 Å². The molecule has 0 saturated carbocycles. The average Bonchev–Trinajstić information content (AvgIpc) is 2.55. The minimum Gasteiger partial charge on any atom is -0.484 e. The molecule has 3 N–H and O–H groups in total. The van der Waals surface area contributed by atoms with Gasteiger partial charge in [-0.05, 0) is 60.7 Å². The normalized spacial score (nSPS) is 10.4. The smallest absolute Gasteiger partial charge is 0.262 e. The van der Waals surface area contributed by atoms with Crippen molar-refractivity contribution in [3.05, 3.63) is 53.1 Å². The summed E-state index contributed by atoms with van der Waals surface area (Å²) in [4.78, 5) is 12.1. The van der Waals surface area contributed by atoms with Gasteiger partial charge < -0.3 is 15.8 Å². The molecule has 0 bridgehead atoms. The van der Waals surface area contributed by atoms with Crippen molar-refractivity contribution in [3.63, 3.8) is 0 Å². The highest BCUT2D eigenvalue weighted by molar-refractivity contribution is 5.93. The van der Waals surface area contributed by atoms with E-state index in [1.165, 1.54) is 5.56 Å². The number of benzene rings is 2. The van der Waals surface area contributed by atoms with Gasteiger partial charge in [-0.3, -0.25) is 4.79 Å². The van der Waals surface area contributed by atoms with Crippen LogP contribution in [0.15, 0.2) is 36.4 Å². The van der Waals surface area contributed by atoms with Crippen LogP contribution in [0.3, 0.4) is 0 Å². The molecule has 0 fully saturated rings. The molecule has 122 valence electrons. The summed E-state index contributed by atoms with van der Waals surface area (Å²) in [6.45, 7) is 6.06. The van der Waals surface area contributed by atoms with Crippen LogP contribution in [0.2, 0.25) is 0 Å². The Balaban J connectivity index is 1.99. The molecular weight excluding hydrogens is 288 g/mol. The molecule has 0 atom stereocenters. The quantitative estimate of drug-likeness (QED) is 0.799. The molecule has 4 nitrogen and oxygen atoms in total. The largest absolute Gasteiger partial charge is 0.484 e. The van der Waals surface area contributed by atoms with Crippen LogP contribution in [0.4, 0.5) is 11.4 Å². The number of hydrogen-bond donors (Lipinski definition) is 2. The number of nitrogens with one attached hydrogen (secondary N) is 1. The molecule has 2 rings (SSSR count). The Bertz CT molecular complexity index is 679. The molecule has 4 heteroatoms. The van der Waals surface area contributed by atoms with Gasteiger partial charge in [-0.15, -0.1) is 0 Å². The first-order chi connectivity index (χ1) is 11.0. The molecular formula is C19H24N2O2. The van der Waals surface area contributed by atoms with Crippen molar-refractivity contribution in [1.29, 1.82) is 0 Å². The second-order valence-corrected chi connectivity index (χ2v) is 5.56. The summed E-state index contributed by atoms with van der Waals surface area (Å²) in [5.41, 5.74) is 10.6. The summed E-state index contributed by atoms with van der Waals surface area (Å²) in [5.74, 6) is 0.522. The number of ether oxygens (including phenoxy) is 1. The number of carbonyl (C=O) groups is 1. The first kappa shape index (κ1) is 16.9. The first-order valence-electron chi connectivity index (χ1n) is 7.94. The highest BCUT2D eigenvalue weighted by atomic mass is 16.5. The summed E-state index contributed by atoms with van der Waals surface area (Å²) in [5, 5.41) is 2.93. The fourth-order valence-electron chi connectivity index (χ4n) is 2.49. The Labute approximate surface area is 137 Å². The topological polar surface area (TPSA) is 64.3 Å². The number of aryl methyl sites for hydroxylation is 3. The van der Waals surface area contributed by atoms with E-state index in [4.69, 9.17) is 10.5 Å². The van der Waals surface area contributed by atoms with Gasteiger partial charge in [0, 0.05) is 11.4 Å². The van der Waals surface area contributed by atoms with Crippen LogP contribution in [0, 0.1) is 6.92 Å². The predicted molar refractivity (Wildman–Crippen MR) is 94.9 cm³/mol. The van der Waals surface area contributed by atoms with Crippen LogP contribution in [0.5, 0.6) is 5.75 Å². The molecule has 0 aliphatic heterocycles. The molecule has 0 aromatic heterocycles. The maximum atomic E-state index is 12.1. The SMILES string of the molecule is CCc1ccc(OCC(=O)Nc2c(C)cc(N)cc2CC)cc1. The number of rotatable bonds is 6. The van der Waals surface area contributed by atoms with E-state index < -0.39 is 0 Å². The van der Waals surface area contributed by atoms with E-state index in [2.05, 4.69) is 12.2 Å². The number of nitrogens with two attached hydrogens (primary N) is 1. The van der Waals surface area contributed by atoms with Gasteiger partial charge in [-0.25, -0.2) is 0 Å². The van der Waals surface area contributed by atoms with Crippen molar-refractivity contribution < 1.29 is 9.53 Å². The Hall–Kier alpha value is -2.49. The molecule has 2 aromatic rings. The number of amides is 1. The van der Waals surface area contributed by atoms with Gasteiger partial charge in [0.15, 0.2) is 6.61 Å². The summed E-state index contributed by atoms with van der Waals surface area (Å²) >= 11 is 0. The van der Waals surface area contributed by atoms with Gasteiger partial charge >= 0.3 is 0 Å². The van der Waals surface area contributed by atoms with Crippen LogP contribution in [-0.4, -0.2) is 12.5 Å². The summed E-state index contributed by atoms with van der Waals surface area (Å²) in [7, 11) is 0. The second kappa shape index (κ2) is 7.68. The molecule has 23 heavy (non-hydrogen) atoms. The Morgan fingerprint density at radius 1 is 1.13 bits per heavy atom. The fraction of sp³-hybridized carbons (Fsp3) is 0.316. The summed E-state index contributed by atoms with van der Waals surface area (Å²) in [6.07, 6.45) is 1.79. The van der Waals surface area contributed by atoms with E-state index in [9.17, 15) is 4.79 Å². The minimum absolute atomic E-state index is 0.0154. The van der Waals surface area contributed by atoms with Crippen LogP contribution >= 0.6 is 0 Å². The number of carbonyl (C=O) groups excluding carboxylic acids is 1. The third-order valence-corrected chi connectivity index (χ3v) is 3.79. The van der Waals surface area contributed by atoms with Crippen molar-refractivity contribution in [2.75, 3.05) is 17.7 Å². The number of nitrogen functional groups attached to an aromatic ring is 1. The molecule has 0 heterocycles. The Morgan fingerprint density at radius 3 is 2.43 bits per heavy atom. The number of hydrogen-bond acceptors (Lipinski definition) is 3. The third kappa shape index (κ3) is 4.49. The lowest BCUT2D eigenvalue weighted by Crippen LogP contribution is -2.21. The Kier molecular flexibility index (Phi) is 5.63. The molecule has 0 aliphatic carbocycles. The van der Waals surface area contributed by atoms with E-state index >= 15 is 0 Å². The summed E-state index contributed by atoms with van der Waals surface area (Å²) in [6, 6.07) is 11.5. The highest BCUT2D eigenvalue weighted by Gasteiger charge is 2.10. The second-order valence-electron chi connectivity index (χ2n) is 5.56. The summed E-state index contributed by atoms with van der Waals surface area (Å²) < 4.78 is 5.54. The average molecular weight is 312 g/mol. The fourth-order valence-corrected chi connectivity index (χ4v) is 2.49. The van der Waals surface area contributed by atoms with E-state index in [-0.39, 0.29) is 12.5 Å². The molecule has 0 unspecified atom stereocenters. The maximum absolute atomic E-state index is 12.1. The number of anilines is 2. The zero-order valence-electron chi connectivity index (χ0n) is 14.0. The van der Waals surface area contributed by atoms with Crippen molar-refractivity contribution in [2.45, 2.75) is 33.6 Å². The Morgan fingerprint density at radius 2 is 1.83 bits per heavy atom. The van der Waals surface area contributed by atoms with Crippen molar-refractivity contribution in [1.82, 2.24) is 0 Å². The lowest BCUT2D eigenvalue weighted by atomic mass is 10.0. The van der Waals surface area contributed by atoms with Crippen molar-refractivity contribution in [3.8, 4) is 5.75 Å². The zero-order valence-corrected chi connectivity index (χ0v) is 14.0. The lowest BCUT2D eigenvalue weighted by molar-refractivity contribution is -0.118. The van der Waals surface area contributed by atoms with Gasteiger partial charge in [0.25, 0.3) is 5.91 Å². The monoisotopic (exact) mass is 312 g/mol. The van der Waals surface area contributed by atoms with Crippen molar-refractivity contribution >= 4 is 17.3 Å². The van der Waals surface area contributed by atoms with E-state index in [0.29, 0.717) is 11.4 Å². The lowest BCUT2D eigenvalue weighted by Gasteiger charge is -2.14. The predicted octanol–water partition coefficient (Wildman–Crippen LogP) is 3.72. The van der Waals surface area contributed by atoms with Gasteiger partial charge in [-0.2, -0.15) is 0 Å². The van der Waals surface area contributed by atoms with Gasteiger partial charge in [0.1, 0.15) is 5.75 Å². The molecule has 1 amide bonds. The van der Waals surface area contributed by atoms with E-state index in [0.717, 1.165) is 29.7 Å². The molecule has 2 aromatic carbocycles. The molecule has 0 spiro atoms. The standard InChI is InChI=1S/C19H24N2O2/c1-4-14-6-8-17(9-7-14)23-12-18(22)21-19-13(3)10-16(20)11-15(19)5-2/h6-11H,4-5,12,20H2,1-3H3,(H,21,22). The highest BCUT2D eigenvalue weighted by Crippen LogP contribution is 2.24. The zero-order chi connectivity index (χ0) is 16.8. The van der Waals surface area contributed by atoms with Crippen LogP contribution in [0.1, 0.15) is 30.5 Å². The van der Waals surface area contributed by atoms with E-state index in [1.807, 2.05) is 50.2 Å². The van der Waals surface area contributed by atoms with Crippen LogP contribution < -0.4 is 15.8 Å². The van der Waals surface area contributed by atoms with E-state index in [1.54, 1.807) is 0 Å². The van der Waals surface area contributed by atoms with Crippen LogP contribution in [0.25, 0.3) is 0 Å².